The first-order valence-corrected chi connectivity index (χ1v) is 10.1. The van der Waals surface area contributed by atoms with Crippen LogP contribution in [0.2, 0.25) is 0 Å². The number of carbonyl (C=O) groups is 1. The van der Waals surface area contributed by atoms with Crippen LogP contribution in [0.5, 0.6) is 5.75 Å². The highest BCUT2D eigenvalue weighted by Crippen LogP contribution is 2.32. The van der Waals surface area contributed by atoms with Gasteiger partial charge in [-0.2, -0.15) is 5.10 Å². The van der Waals surface area contributed by atoms with E-state index in [1.165, 1.54) is 0 Å². The molecule has 1 aromatic heterocycles. The average Bonchev–Trinajstić information content (AvgIpc) is 3.12. The second kappa shape index (κ2) is 7.83. The SMILES string of the molecule is CCOc1ccccc1N1CCN(C(=O)c2n[nH]c3c2C[C@H](C)O[C@@H]3C)CC1. The number of amides is 1. The number of aromatic nitrogens is 2. The molecule has 1 aromatic carbocycles. The first kappa shape index (κ1) is 18.8. The number of carbonyl (C=O) groups excluding carboxylic acids is 1. The summed E-state index contributed by atoms with van der Waals surface area (Å²) in [6.45, 7) is 9.55. The molecule has 0 radical (unpaired) electrons. The zero-order chi connectivity index (χ0) is 19.7. The van der Waals surface area contributed by atoms with Crippen molar-refractivity contribution >= 4 is 11.6 Å². The van der Waals surface area contributed by atoms with Gasteiger partial charge >= 0.3 is 0 Å². The lowest BCUT2D eigenvalue weighted by atomic mass is 9.99. The summed E-state index contributed by atoms with van der Waals surface area (Å²) in [6.07, 6.45) is 0.761. The lowest BCUT2D eigenvalue weighted by Crippen LogP contribution is -2.49. The fourth-order valence-corrected chi connectivity index (χ4v) is 4.15. The summed E-state index contributed by atoms with van der Waals surface area (Å²) < 4.78 is 11.6. The van der Waals surface area contributed by atoms with Gasteiger partial charge < -0.3 is 19.3 Å². The monoisotopic (exact) mass is 384 g/mol. The number of piperazine rings is 1. The van der Waals surface area contributed by atoms with Gasteiger partial charge in [-0.15, -0.1) is 0 Å². The van der Waals surface area contributed by atoms with Crippen molar-refractivity contribution in [1.29, 1.82) is 0 Å². The second-order valence-corrected chi connectivity index (χ2v) is 7.44. The van der Waals surface area contributed by atoms with E-state index in [2.05, 4.69) is 21.2 Å². The molecular weight excluding hydrogens is 356 g/mol. The topological polar surface area (TPSA) is 70.7 Å². The van der Waals surface area contributed by atoms with Gasteiger partial charge in [-0.05, 0) is 32.9 Å². The number of para-hydroxylation sites is 2. The highest BCUT2D eigenvalue weighted by molar-refractivity contribution is 5.94. The predicted molar refractivity (Wildman–Crippen MR) is 107 cm³/mol. The van der Waals surface area contributed by atoms with E-state index < -0.39 is 0 Å². The molecule has 0 aliphatic carbocycles. The Balaban J connectivity index is 1.46. The van der Waals surface area contributed by atoms with Gasteiger partial charge in [0.1, 0.15) is 5.75 Å². The number of fused-ring (bicyclic) bond motifs is 1. The molecule has 1 saturated heterocycles. The van der Waals surface area contributed by atoms with Crippen LogP contribution in [0, 0.1) is 0 Å². The van der Waals surface area contributed by atoms with Crippen molar-refractivity contribution in [2.24, 2.45) is 0 Å². The molecule has 0 saturated carbocycles. The summed E-state index contributed by atoms with van der Waals surface area (Å²) in [6, 6.07) is 8.09. The Labute approximate surface area is 165 Å². The van der Waals surface area contributed by atoms with Gasteiger partial charge in [0.2, 0.25) is 0 Å². The lowest BCUT2D eigenvalue weighted by Gasteiger charge is -2.36. The van der Waals surface area contributed by atoms with Gasteiger partial charge in [-0.1, -0.05) is 12.1 Å². The molecule has 0 bridgehead atoms. The van der Waals surface area contributed by atoms with Gasteiger partial charge in [0.15, 0.2) is 5.69 Å². The van der Waals surface area contributed by atoms with E-state index >= 15 is 0 Å². The van der Waals surface area contributed by atoms with E-state index in [9.17, 15) is 4.79 Å². The third-order valence-electron chi connectivity index (χ3n) is 5.51. The summed E-state index contributed by atoms with van der Waals surface area (Å²) >= 11 is 0. The van der Waals surface area contributed by atoms with Crippen LogP contribution in [-0.2, 0) is 11.2 Å². The van der Waals surface area contributed by atoms with Crippen LogP contribution in [-0.4, -0.2) is 59.9 Å². The Morgan fingerprint density at radius 2 is 2.00 bits per heavy atom. The fourth-order valence-electron chi connectivity index (χ4n) is 4.15. The number of benzene rings is 1. The fraction of sp³-hybridized carbons (Fsp3) is 0.524. The van der Waals surface area contributed by atoms with E-state index in [4.69, 9.17) is 9.47 Å². The van der Waals surface area contributed by atoms with Gasteiger partial charge in [0, 0.05) is 38.2 Å². The van der Waals surface area contributed by atoms with E-state index in [-0.39, 0.29) is 18.1 Å². The quantitative estimate of drug-likeness (QED) is 0.878. The Morgan fingerprint density at radius 1 is 1.25 bits per heavy atom. The van der Waals surface area contributed by atoms with Crippen LogP contribution in [0.3, 0.4) is 0 Å². The maximum atomic E-state index is 13.1. The number of aromatic amines is 1. The van der Waals surface area contributed by atoms with Crippen molar-refractivity contribution in [3.8, 4) is 5.75 Å². The van der Waals surface area contributed by atoms with Crippen molar-refractivity contribution < 1.29 is 14.3 Å². The molecule has 28 heavy (non-hydrogen) atoms. The molecule has 2 aliphatic heterocycles. The third-order valence-corrected chi connectivity index (χ3v) is 5.51. The van der Waals surface area contributed by atoms with E-state index in [1.807, 2.05) is 43.9 Å². The van der Waals surface area contributed by atoms with E-state index in [0.29, 0.717) is 25.4 Å². The van der Waals surface area contributed by atoms with Gasteiger partial charge in [0.25, 0.3) is 5.91 Å². The molecule has 2 aliphatic rings. The second-order valence-electron chi connectivity index (χ2n) is 7.44. The number of anilines is 1. The highest BCUT2D eigenvalue weighted by Gasteiger charge is 2.32. The van der Waals surface area contributed by atoms with Crippen LogP contribution in [0.25, 0.3) is 0 Å². The molecule has 4 rings (SSSR count). The predicted octanol–water partition coefficient (Wildman–Crippen LogP) is 2.79. The van der Waals surface area contributed by atoms with Crippen LogP contribution < -0.4 is 9.64 Å². The minimum Gasteiger partial charge on any atom is -0.492 e. The number of rotatable bonds is 4. The van der Waals surface area contributed by atoms with Gasteiger partial charge in [-0.25, -0.2) is 0 Å². The maximum absolute atomic E-state index is 13.1. The molecule has 1 amide bonds. The third kappa shape index (κ3) is 3.46. The van der Waals surface area contributed by atoms with Crippen molar-refractivity contribution in [2.75, 3.05) is 37.7 Å². The average molecular weight is 384 g/mol. The van der Waals surface area contributed by atoms with Crippen LogP contribution >= 0.6 is 0 Å². The van der Waals surface area contributed by atoms with Crippen LogP contribution in [0.15, 0.2) is 24.3 Å². The minimum atomic E-state index is -0.0558. The molecule has 2 atom stereocenters. The number of hydrogen-bond acceptors (Lipinski definition) is 5. The van der Waals surface area contributed by atoms with Crippen LogP contribution in [0.1, 0.15) is 48.6 Å². The molecule has 1 N–H and O–H groups in total. The Bertz CT molecular complexity index is 842. The first-order chi connectivity index (χ1) is 13.6. The number of nitrogens with zero attached hydrogens (tertiary/aromatic N) is 3. The minimum absolute atomic E-state index is 0.0107. The lowest BCUT2D eigenvalue weighted by molar-refractivity contribution is -0.00702. The van der Waals surface area contributed by atoms with Crippen molar-refractivity contribution in [3.63, 3.8) is 0 Å². The normalized spacial score (nSPS) is 22.1. The molecule has 0 unspecified atom stereocenters. The molecule has 2 aromatic rings. The smallest absolute Gasteiger partial charge is 0.274 e. The van der Waals surface area contributed by atoms with Crippen molar-refractivity contribution in [1.82, 2.24) is 15.1 Å². The summed E-state index contributed by atoms with van der Waals surface area (Å²) in [5.74, 6) is 0.908. The molecule has 0 spiro atoms. The molecule has 3 heterocycles. The molecule has 1 fully saturated rings. The molecular formula is C21H28N4O3. The highest BCUT2D eigenvalue weighted by atomic mass is 16.5. The molecule has 150 valence electrons. The first-order valence-electron chi connectivity index (χ1n) is 10.1. The van der Waals surface area contributed by atoms with Gasteiger partial charge in [0.05, 0.1) is 30.2 Å². The van der Waals surface area contributed by atoms with Gasteiger partial charge in [-0.3, -0.25) is 9.89 Å². The Kier molecular flexibility index (Phi) is 5.26. The number of H-pyrrole nitrogens is 1. The zero-order valence-corrected chi connectivity index (χ0v) is 16.8. The molecule has 7 nitrogen and oxygen atoms in total. The van der Waals surface area contributed by atoms with Crippen molar-refractivity contribution in [3.05, 3.63) is 41.2 Å². The summed E-state index contributed by atoms with van der Waals surface area (Å²) in [5.41, 5.74) is 3.60. The Morgan fingerprint density at radius 3 is 2.75 bits per heavy atom. The number of nitrogens with one attached hydrogen (secondary N) is 1. The summed E-state index contributed by atoms with van der Waals surface area (Å²) in [4.78, 5) is 17.3. The standard InChI is InChI=1S/C21H28N4O3/c1-4-27-18-8-6-5-7-17(18)24-9-11-25(12-10-24)21(26)20-16-13-14(2)28-15(3)19(16)22-23-20/h5-8,14-15H,4,9-13H2,1-3H3,(H,22,23)/t14-,15+/m0/s1. The number of hydrogen-bond donors (Lipinski definition) is 1. The molecule has 7 heteroatoms. The maximum Gasteiger partial charge on any atom is 0.274 e. The summed E-state index contributed by atoms with van der Waals surface area (Å²) in [7, 11) is 0. The largest absolute Gasteiger partial charge is 0.492 e. The van der Waals surface area contributed by atoms with E-state index in [1.54, 1.807) is 0 Å². The van der Waals surface area contributed by atoms with Crippen molar-refractivity contribution in [2.45, 2.75) is 39.4 Å². The number of ether oxygens (including phenoxy) is 2. The summed E-state index contributed by atoms with van der Waals surface area (Å²) in [5, 5.41) is 7.37. The van der Waals surface area contributed by atoms with Crippen LogP contribution in [0.4, 0.5) is 5.69 Å². The zero-order valence-electron chi connectivity index (χ0n) is 16.8. The Hall–Kier alpha value is -2.54. The van der Waals surface area contributed by atoms with E-state index in [0.717, 1.165) is 42.2 Å².